The Hall–Kier alpha value is -0.860. The molecular weight excluding hydrogens is 188 g/mol. The topological polar surface area (TPSA) is 41.5 Å². The molecule has 2 bridgehead atoms. The third-order valence-corrected chi connectivity index (χ3v) is 4.86. The van der Waals surface area contributed by atoms with E-state index in [2.05, 4.69) is 31.3 Å². The molecular formula is C12H20N2O. The lowest BCUT2D eigenvalue weighted by Gasteiger charge is -2.34. The van der Waals surface area contributed by atoms with Gasteiger partial charge in [-0.25, -0.2) is 5.43 Å². The van der Waals surface area contributed by atoms with Crippen molar-refractivity contribution in [1.82, 2.24) is 5.43 Å². The molecule has 0 aliphatic heterocycles. The molecule has 0 saturated heterocycles. The summed E-state index contributed by atoms with van der Waals surface area (Å²) in [4.78, 5) is 10.9. The van der Waals surface area contributed by atoms with Crippen LogP contribution in [0.3, 0.4) is 0 Å². The van der Waals surface area contributed by atoms with Gasteiger partial charge in [-0.1, -0.05) is 20.8 Å². The normalized spacial score (nSPS) is 39.7. The first-order valence-electron chi connectivity index (χ1n) is 5.71. The van der Waals surface area contributed by atoms with Crippen LogP contribution in [0.4, 0.5) is 0 Å². The highest BCUT2D eigenvalue weighted by molar-refractivity contribution is 5.94. The van der Waals surface area contributed by atoms with E-state index < -0.39 is 0 Å². The summed E-state index contributed by atoms with van der Waals surface area (Å²) < 4.78 is 0. The summed E-state index contributed by atoms with van der Waals surface area (Å²) in [5.41, 5.74) is 4.31. The Balaban J connectivity index is 2.26. The number of nitrogens with zero attached hydrogens (tertiary/aromatic N) is 1. The minimum Gasteiger partial charge on any atom is -0.274 e. The molecule has 0 aromatic carbocycles. The van der Waals surface area contributed by atoms with Crippen molar-refractivity contribution in [2.45, 2.75) is 47.0 Å². The highest BCUT2D eigenvalue weighted by Gasteiger charge is 2.59. The highest BCUT2D eigenvalue weighted by atomic mass is 16.2. The van der Waals surface area contributed by atoms with Gasteiger partial charge in [0.15, 0.2) is 0 Å². The average molecular weight is 208 g/mol. The number of hydrazone groups is 1. The SMILES string of the molecule is CC(=O)N/N=C1\CC2CCC1(C)C2(C)C. The number of fused-ring (bicyclic) bond motifs is 2. The first-order chi connectivity index (χ1) is 6.88. The van der Waals surface area contributed by atoms with Crippen LogP contribution >= 0.6 is 0 Å². The van der Waals surface area contributed by atoms with Gasteiger partial charge in [0.05, 0.1) is 0 Å². The molecule has 0 spiro atoms. The van der Waals surface area contributed by atoms with Crippen LogP contribution in [0.25, 0.3) is 0 Å². The molecule has 1 N–H and O–H groups in total. The van der Waals surface area contributed by atoms with Crippen molar-refractivity contribution in [3.63, 3.8) is 0 Å². The fraction of sp³-hybridized carbons (Fsp3) is 0.833. The van der Waals surface area contributed by atoms with Crippen molar-refractivity contribution in [3.05, 3.63) is 0 Å². The molecule has 3 nitrogen and oxygen atoms in total. The Morgan fingerprint density at radius 2 is 2.13 bits per heavy atom. The number of carbonyl (C=O) groups excluding carboxylic acids is 1. The molecule has 1 amide bonds. The second kappa shape index (κ2) is 3.06. The van der Waals surface area contributed by atoms with E-state index in [1.807, 2.05) is 0 Å². The summed E-state index contributed by atoms with van der Waals surface area (Å²) in [5.74, 6) is 0.668. The summed E-state index contributed by atoms with van der Waals surface area (Å²) in [6.45, 7) is 8.47. The third-order valence-electron chi connectivity index (χ3n) is 4.86. The molecule has 0 radical (unpaired) electrons. The monoisotopic (exact) mass is 208 g/mol. The predicted octanol–water partition coefficient (Wildman–Crippen LogP) is 2.32. The van der Waals surface area contributed by atoms with Gasteiger partial charge in [-0.15, -0.1) is 0 Å². The molecule has 2 aliphatic carbocycles. The molecule has 0 heterocycles. The second-order valence-electron chi connectivity index (χ2n) is 5.72. The standard InChI is InChI=1S/C12H20N2O/c1-8(15)13-14-10-7-9-5-6-12(10,4)11(9,2)3/h9H,5-7H2,1-4H3,(H,13,15)/b14-10+. The number of hydrogen-bond acceptors (Lipinski definition) is 2. The van der Waals surface area contributed by atoms with Crippen molar-refractivity contribution in [2.24, 2.45) is 21.8 Å². The van der Waals surface area contributed by atoms with Crippen molar-refractivity contribution < 1.29 is 4.79 Å². The van der Waals surface area contributed by atoms with Gasteiger partial charge in [0.2, 0.25) is 5.91 Å². The van der Waals surface area contributed by atoms with E-state index in [4.69, 9.17) is 0 Å². The van der Waals surface area contributed by atoms with Crippen LogP contribution < -0.4 is 5.43 Å². The van der Waals surface area contributed by atoms with E-state index in [9.17, 15) is 4.79 Å². The zero-order valence-electron chi connectivity index (χ0n) is 10.1. The van der Waals surface area contributed by atoms with Gasteiger partial charge in [0.25, 0.3) is 0 Å². The van der Waals surface area contributed by atoms with Gasteiger partial charge in [0.1, 0.15) is 0 Å². The Kier molecular flexibility index (Phi) is 2.18. The van der Waals surface area contributed by atoms with E-state index in [1.165, 1.54) is 25.5 Å². The van der Waals surface area contributed by atoms with Crippen LogP contribution in [0.1, 0.15) is 47.0 Å². The highest BCUT2D eigenvalue weighted by Crippen LogP contribution is 2.63. The molecule has 2 saturated carbocycles. The lowest BCUT2D eigenvalue weighted by molar-refractivity contribution is -0.118. The largest absolute Gasteiger partial charge is 0.274 e. The minimum atomic E-state index is -0.0771. The zero-order chi connectivity index (χ0) is 11.3. The van der Waals surface area contributed by atoms with Crippen molar-refractivity contribution in [2.75, 3.05) is 0 Å². The van der Waals surface area contributed by atoms with Gasteiger partial charge in [-0.3, -0.25) is 4.79 Å². The van der Waals surface area contributed by atoms with Gasteiger partial charge in [-0.2, -0.15) is 5.10 Å². The molecule has 0 aromatic heterocycles. The van der Waals surface area contributed by atoms with E-state index >= 15 is 0 Å². The lowest BCUT2D eigenvalue weighted by Crippen LogP contribution is -2.34. The van der Waals surface area contributed by atoms with Crippen LogP contribution in [0.2, 0.25) is 0 Å². The van der Waals surface area contributed by atoms with Crippen molar-refractivity contribution in [1.29, 1.82) is 0 Å². The van der Waals surface area contributed by atoms with Crippen LogP contribution in [-0.2, 0) is 4.79 Å². The van der Waals surface area contributed by atoms with E-state index in [1.54, 1.807) is 0 Å². The number of carbonyl (C=O) groups is 1. The summed E-state index contributed by atoms with van der Waals surface area (Å²) in [6.07, 6.45) is 3.58. The molecule has 2 rings (SSSR count). The number of rotatable bonds is 1. The molecule has 2 unspecified atom stereocenters. The summed E-state index contributed by atoms with van der Waals surface area (Å²) in [5, 5.41) is 4.29. The molecule has 2 atom stereocenters. The first-order valence-corrected chi connectivity index (χ1v) is 5.71. The fourth-order valence-corrected chi connectivity index (χ4v) is 3.24. The molecule has 3 heteroatoms. The molecule has 2 aliphatic rings. The van der Waals surface area contributed by atoms with Gasteiger partial charge in [0, 0.05) is 18.1 Å². The van der Waals surface area contributed by atoms with Gasteiger partial charge in [-0.05, 0) is 30.6 Å². The maximum Gasteiger partial charge on any atom is 0.236 e. The Labute approximate surface area is 91.3 Å². The summed E-state index contributed by atoms with van der Waals surface area (Å²) >= 11 is 0. The third kappa shape index (κ3) is 1.32. The van der Waals surface area contributed by atoms with Gasteiger partial charge < -0.3 is 0 Å². The van der Waals surface area contributed by atoms with Crippen LogP contribution in [-0.4, -0.2) is 11.6 Å². The Morgan fingerprint density at radius 3 is 2.53 bits per heavy atom. The van der Waals surface area contributed by atoms with Crippen LogP contribution in [0.15, 0.2) is 5.10 Å². The smallest absolute Gasteiger partial charge is 0.236 e. The molecule has 2 fully saturated rings. The predicted molar refractivity (Wildman–Crippen MR) is 60.5 cm³/mol. The number of hydrogen-bond donors (Lipinski definition) is 1. The average Bonchev–Trinajstić information content (AvgIpc) is 2.46. The Morgan fingerprint density at radius 1 is 1.47 bits per heavy atom. The second-order valence-corrected chi connectivity index (χ2v) is 5.72. The summed E-state index contributed by atoms with van der Waals surface area (Å²) in [6, 6.07) is 0. The van der Waals surface area contributed by atoms with Crippen molar-refractivity contribution >= 4 is 11.6 Å². The maximum absolute atomic E-state index is 10.9. The van der Waals surface area contributed by atoms with Crippen LogP contribution in [0.5, 0.6) is 0 Å². The fourth-order valence-electron chi connectivity index (χ4n) is 3.24. The number of amides is 1. The molecule has 15 heavy (non-hydrogen) atoms. The quantitative estimate of drug-likeness (QED) is 0.660. The molecule has 84 valence electrons. The zero-order valence-corrected chi connectivity index (χ0v) is 10.1. The lowest BCUT2D eigenvalue weighted by atomic mass is 9.70. The number of nitrogens with one attached hydrogen (secondary N) is 1. The van der Waals surface area contributed by atoms with E-state index in [0.29, 0.717) is 5.41 Å². The van der Waals surface area contributed by atoms with Crippen molar-refractivity contribution in [3.8, 4) is 0 Å². The van der Waals surface area contributed by atoms with E-state index in [0.717, 1.165) is 12.3 Å². The van der Waals surface area contributed by atoms with E-state index in [-0.39, 0.29) is 11.3 Å². The van der Waals surface area contributed by atoms with Gasteiger partial charge >= 0.3 is 0 Å². The van der Waals surface area contributed by atoms with Crippen LogP contribution in [0, 0.1) is 16.7 Å². The Bertz CT molecular complexity index is 333. The maximum atomic E-state index is 10.9. The first kappa shape index (κ1) is 10.7. The summed E-state index contributed by atoms with van der Waals surface area (Å²) in [7, 11) is 0. The minimum absolute atomic E-state index is 0.0771. The molecule has 0 aromatic rings.